The quantitative estimate of drug-likeness (QED) is 0.260. The fourth-order valence-electron chi connectivity index (χ4n) is 4.10. The van der Waals surface area contributed by atoms with Gasteiger partial charge < -0.3 is 9.84 Å². The molecule has 9 heteroatoms. The first-order chi connectivity index (χ1) is 17.5. The highest BCUT2D eigenvalue weighted by Gasteiger charge is 2.34. The van der Waals surface area contributed by atoms with Crippen LogP contribution in [0.1, 0.15) is 47.2 Å². The molecule has 0 saturated heterocycles. The topological polar surface area (TPSA) is 62.7 Å². The second-order valence-electron chi connectivity index (χ2n) is 9.09. The summed E-state index contributed by atoms with van der Waals surface area (Å²) in [5.74, 6) is -0.306. The van der Waals surface area contributed by atoms with Crippen molar-refractivity contribution in [3.8, 4) is 5.75 Å². The number of ether oxygens (including phenoxy) is 1. The number of nitrogens with zero attached hydrogens (tertiary/aromatic N) is 2. The van der Waals surface area contributed by atoms with Gasteiger partial charge in [-0.1, -0.05) is 42.8 Å². The molecule has 0 amide bonds. The summed E-state index contributed by atoms with van der Waals surface area (Å²) in [6, 6.07) is 14.8. The Kier molecular flexibility index (Phi) is 9.94. The van der Waals surface area contributed by atoms with Crippen molar-refractivity contribution in [1.82, 2.24) is 9.88 Å². The van der Waals surface area contributed by atoms with Crippen molar-refractivity contribution in [2.75, 3.05) is 19.7 Å². The molecule has 0 aliphatic carbocycles. The van der Waals surface area contributed by atoms with Crippen LogP contribution in [0.5, 0.6) is 5.75 Å². The van der Waals surface area contributed by atoms with Crippen molar-refractivity contribution in [3.63, 3.8) is 0 Å². The molecule has 3 aromatic rings. The molecule has 0 saturated carbocycles. The number of aromatic nitrogens is 1. The molecule has 37 heavy (non-hydrogen) atoms. The predicted molar refractivity (Wildman–Crippen MR) is 137 cm³/mol. The molecule has 2 aromatic carbocycles. The minimum absolute atomic E-state index is 0.0399. The molecular weight excluding hydrogens is 505 g/mol. The number of alkyl halides is 3. The molecule has 198 valence electrons. The number of hydrogen-bond donors (Lipinski definition) is 1. The van der Waals surface area contributed by atoms with Crippen molar-refractivity contribution in [1.29, 1.82) is 0 Å². The number of aryl methyl sites for hydroxylation is 1. The van der Waals surface area contributed by atoms with Crippen molar-refractivity contribution in [3.05, 3.63) is 93.8 Å². The Morgan fingerprint density at radius 3 is 2.62 bits per heavy atom. The number of carbonyl (C=O) groups is 1. The van der Waals surface area contributed by atoms with Gasteiger partial charge in [0.25, 0.3) is 0 Å². The fraction of sp³-hybridized carbons (Fsp3) is 0.357. The Hall–Kier alpha value is -3.10. The molecule has 1 N–H and O–H groups in total. The number of benzene rings is 2. The van der Waals surface area contributed by atoms with E-state index in [9.17, 15) is 18.0 Å². The zero-order chi connectivity index (χ0) is 27.0. The molecule has 0 fully saturated rings. The molecule has 1 unspecified atom stereocenters. The lowest BCUT2D eigenvalue weighted by Gasteiger charge is -2.27. The minimum atomic E-state index is -4.53. The van der Waals surface area contributed by atoms with Gasteiger partial charge in [-0.3, -0.25) is 14.7 Å². The molecule has 0 spiro atoms. The third kappa shape index (κ3) is 8.76. The van der Waals surface area contributed by atoms with Crippen molar-refractivity contribution in [2.45, 2.75) is 45.3 Å². The summed E-state index contributed by atoms with van der Waals surface area (Å²) >= 11 is 6.18. The Labute approximate surface area is 219 Å². The van der Waals surface area contributed by atoms with Crippen LogP contribution in [0.4, 0.5) is 13.2 Å². The zero-order valence-corrected chi connectivity index (χ0v) is 21.5. The van der Waals surface area contributed by atoms with Gasteiger partial charge in [-0.15, -0.1) is 0 Å². The van der Waals surface area contributed by atoms with E-state index in [1.807, 2.05) is 26.0 Å². The van der Waals surface area contributed by atoms with Crippen LogP contribution in [0.2, 0.25) is 5.02 Å². The van der Waals surface area contributed by atoms with E-state index in [0.29, 0.717) is 43.0 Å². The van der Waals surface area contributed by atoms with Gasteiger partial charge in [0.2, 0.25) is 0 Å². The van der Waals surface area contributed by atoms with E-state index < -0.39 is 17.7 Å². The number of rotatable bonds is 12. The minimum Gasteiger partial charge on any atom is -0.494 e. The van der Waals surface area contributed by atoms with Gasteiger partial charge in [-0.05, 0) is 60.4 Å². The smallest absolute Gasteiger partial charge is 0.417 e. The van der Waals surface area contributed by atoms with Crippen LogP contribution >= 0.6 is 11.6 Å². The molecule has 0 bridgehead atoms. The zero-order valence-electron chi connectivity index (χ0n) is 20.8. The van der Waals surface area contributed by atoms with E-state index in [1.54, 1.807) is 36.5 Å². The van der Waals surface area contributed by atoms with Crippen LogP contribution in [-0.2, 0) is 23.9 Å². The van der Waals surface area contributed by atoms with Crippen molar-refractivity contribution < 1.29 is 27.8 Å². The number of halogens is 4. The number of hydrogen-bond acceptors (Lipinski definition) is 4. The third-order valence-corrected chi connectivity index (χ3v) is 6.34. The van der Waals surface area contributed by atoms with E-state index >= 15 is 0 Å². The van der Waals surface area contributed by atoms with E-state index in [1.165, 1.54) is 6.07 Å². The lowest BCUT2D eigenvalue weighted by molar-refractivity contribution is -0.138. The molecule has 0 aliphatic heterocycles. The normalized spacial score (nSPS) is 12.5. The first-order valence-electron chi connectivity index (χ1n) is 12.0. The Morgan fingerprint density at radius 1 is 1.16 bits per heavy atom. The number of carboxylic acid groups (broad SMARTS) is 1. The summed E-state index contributed by atoms with van der Waals surface area (Å²) in [5, 5.41) is 8.70. The Balaban J connectivity index is 1.70. The summed E-state index contributed by atoms with van der Waals surface area (Å²) in [6.07, 6.45) is -2.26. The van der Waals surface area contributed by atoms with Gasteiger partial charge in [-0.25, -0.2) is 0 Å². The average molecular weight is 535 g/mol. The fourth-order valence-corrected chi connectivity index (χ4v) is 4.40. The van der Waals surface area contributed by atoms with Crippen LogP contribution in [0, 0.1) is 6.92 Å². The van der Waals surface area contributed by atoms with Crippen LogP contribution in [0.3, 0.4) is 0 Å². The lowest BCUT2D eigenvalue weighted by Crippen LogP contribution is -2.30. The largest absolute Gasteiger partial charge is 0.494 e. The van der Waals surface area contributed by atoms with Crippen LogP contribution < -0.4 is 4.74 Å². The van der Waals surface area contributed by atoms with Gasteiger partial charge in [-0.2, -0.15) is 13.2 Å². The van der Waals surface area contributed by atoms with Crippen molar-refractivity contribution in [2.24, 2.45) is 0 Å². The van der Waals surface area contributed by atoms with Gasteiger partial charge >= 0.3 is 12.1 Å². The number of carboxylic acids is 1. The van der Waals surface area contributed by atoms with E-state index in [-0.39, 0.29) is 23.9 Å². The average Bonchev–Trinajstić information content (AvgIpc) is 2.82. The Bertz CT molecular complexity index is 1200. The number of aliphatic carboxylic acids is 1. The molecule has 5 nitrogen and oxygen atoms in total. The molecule has 1 heterocycles. The molecular formula is C28H30ClF3N2O3. The maximum absolute atomic E-state index is 13.4. The van der Waals surface area contributed by atoms with Crippen LogP contribution in [-0.4, -0.2) is 40.7 Å². The standard InChI is InChI=1S/C28H30ClF3N2O3/c1-19-10-11-33-25(14-19)20(2)17-34(18-22-7-4-9-24(27(22)29)28(30,31)32)12-5-13-37-23-8-3-6-21(15-23)16-26(35)36/h3-4,6-11,14-15,20H,5,12-13,16-18H2,1-2H3,(H,35,36). The van der Waals surface area contributed by atoms with E-state index in [2.05, 4.69) is 9.88 Å². The monoisotopic (exact) mass is 534 g/mol. The third-order valence-electron chi connectivity index (χ3n) is 5.89. The maximum atomic E-state index is 13.4. The van der Waals surface area contributed by atoms with Gasteiger partial charge in [0.15, 0.2) is 0 Å². The predicted octanol–water partition coefficient (Wildman–Crippen LogP) is 6.76. The number of pyridine rings is 1. The van der Waals surface area contributed by atoms with Gasteiger partial charge in [0, 0.05) is 37.4 Å². The first kappa shape index (κ1) is 28.5. The molecule has 3 rings (SSSR count). The summed E-state index contributed by atoms with van der Waals surface area (Å²) in [6.45, 7) is 5.75. The lowest BCUT2D eigenvalue weighted by atomic mass is 10.0. The van der Waals surface area contributed by atoms with Crippen LogP contribution in [0.15, 0.2) is 60.8 Å². The highest BCUT2D eigenvalue weighted by molar-refractivity contribution is 6.32. The summed E-state index contributed by atoms with van der Waals surface area (Å²) in [4.78, 5) is 17.5. The first-order valence-corrected chi connectivity index (χ1v) is 12.3. The van der Waals surface area contributed by atoms with Gasteiger partial charge in [0.05, 0.1) is 23.6 Å². The highest BCUT2D eigenvalue weighted by Crippen LogP contribution is 2.36. The summed E-state index contributed by atoms with van der Waals surface area (Å²) in [5.41, 5.74) is 2.20. The highest BCUT2D eigenvalue weighted by atomic mass is 35.5. The maximum Gasteiger partial charge on any atom is 0.417 e. The van der Waals surface area contributed by atoms with E-state index in [0.717, 1.165) is 17.3 Å². The SMILES string of the molecule is Cc1ccnc(C(C)CN(CCCOc2cccc(CC(=O)O)c2)Cc2cccc(C(F)(F)F)c2Cl)c1. The van der Waals surface area contributed by atoms with Crippen LogP contribution in [0.25, 0.3) is 0 Å². The Morgan fingerprint density at radius 2 is 1.92 bits per heavy atom. The second-order valence-corrected chi connectivity index (χ2v) is 9.47. The van der Waals surface area contributed by atoms with Crippen molar-refractivity contribution >= 4 is 17.6 Å². The van der Waals surface area contributed by atoms with E-state index in [4.69, 9.17) is 21.4 Å². The molecule has 1 aromatic heterocycles. The summed E-state index contributed by atoms with van der Waals surface area (Å²) < 4.78 is 46.0. The molecule has 0 radical (unpaired) electrons. The molecule has 1 atom stereocenters. The molecule has 0 aliphatic rings. The van der Waals surface area contributed by atoms with Gasteiger partial charge in [0.1, 0.15) is 5.75 Å². The summed E-state index contributed by atoms with van der Waals surface area (Å²) in [7, 11) is 0. The second kappa shape index (κ2) is 12.9.